The van der Waals surface area contributed by atoms with Gasteiger partial charge in [-0.3, -0.25) is 0 Å². The van der Waals surface area contributed by atoms with Gasteiger partial charge in [-0.15, -0.1) is 0 Å². The van der Waals surface area contributed by atoms with Crippen molar-refractivity contribution in [3.63, 3.8) is 0 Å². The van der Waals surface area contributed by atoms with Gasteiger partial charge in [-0.05, 0) is 39.3 Å². The van der Waals surface area contributed by atoms with Gasteiger partial charge in [0.2, 0.25) is 0 Å². The van der Waals surface area contributed by atoms with Crippen molar-refractivity contribution in [1.29, 1.82) is 0 Å². The molecule has 2 heterocycles. The Morgan fingerprint density at radius 1 is 1.21 bits per heavy atom. The Kier molecular flexibility index (Phi) is 4.22. The summed E-state index contributed by atoms with van der Waals surface area (Å²) in [6.45, 7) is 8.28. The van der Waals surface area contributed by atoms with Crippen LogP contribution >= 0.6 is 0 Å². The van der Waals surface area contributed by atoms with E-state index in [0.29, 0.717) is 6.04 Å². The lowest BCUT2D eigenvalue weighted by Gasteiger charge is -2.13. The molecular weight excluding hydrogens is 304 g/mol. The Balaban J connectivity index is 2.19. The average molecular weight is 328 g/mol. The fourth-order valence-electron chi connectivity index (χ4n) is 2.99. The van der Waals surface area contributed by atoms with Crippen LogP contribution in [0.2, 0.25) is 0 Å². The number of fused-ring (bicyclic) bond motifs is 1. The molecule has 0 aliphatic rings. The molecule has 24 heavy (non-hydrogen) atoms. The topological polar surface area (TPSA) is 65.0 Å². The Bertz CT molecular complexity index is 879. The van der Waals surface area contributed by atoms with Gasteiger partial charge in [-0.25, -0.2) is 9.67 Å². The van der Waals surface area contributed by atoms with E-state index in [-0.39, 0.29) is 0 Å². The number of benzene rings is 1. The van der Waals surface area contributed by atoms with Crippen LogP contribution in [0.3, 0.4) is 0 Å². The molecule has 1 unspecified atom stereocenters. The molecule has 1 aromatic carbocycles. The quantitative estimate of drug-likeness (QED) is 0.768. The first-order valence-corrected chi connectivity index (χ1v) is 8.18. The van der Waals surface area contributed by atoms with E-state index in [0.717, 1.165) is 51.7 Å². The van der Waals surface area contributed by atoms with Gasteiger partial charge in [0.25, 0.3) is 0 Å². The molecule has 2 aromatic heterocycles. The summed E-state index contributed by atoms with van der Waals surface area (Å²) in [6, 6.07) is 4.21. The molecule has 0 aliphatic carbocycles. The zero-order valence-electron chi connectivity index (χ0n) is 15.1. The minimum absolute atomic E-state index is 0.303. The smallest absolute Gasteiger partial charge is 0.177 e. The van der Waals surface area contributed by atoms with Gasteiger partial charge in [0.15, 0.2) is 5.65 Å². The van der Waals surface area contributed by atoms with Crippen molar-refractivity contribution in [2.24, 2.45) is 0 Å². The molecule has 0 spiro atoms. The van der Waals surface area contributed by atoms with Crippen LogP contribution in [0.5, 0.6) is 11.5 Å². The molecule has 6 nitrogen and oxygen atoms in total. The molecule has 0 fully saturated rings. The summed E-state index contributed by atoms with van der Waals surface area (Å²) in [4.78, 5) is 8.21. The molecule has 128 valence electrons. The van der Waals surface area contributed by atoms with Crippen molar-refractivity contribution in [3.05, 3.63) is 23.4 Å². The number of rotatable bonds is 5. The van der Waals surface area contributed by atoms with Crippen molar-refractivity contribution in [2.45, 2.75) is 40.2 Å². The summed E-state index contributed by atoms with van der Waals surface area (Å²) in [5.41, 5.74) is 4.68. The first kappa shape index (κ1) is 16.4. The highest BCUT2D eigenvalue weighted by molar-refractivity contribution is 5.81. The van der Waals surface area contributed by atoms with E-state index in [1.807, 2.05) is 30.7 Å². The number of ether oxygens (including phenoxy) is 2. The molecule has 0 radical (unpaired) electrons. The first-order valence-electron chi connectivity index (χ1n) is 8.18. The van der Waals surface area contributed by atoms with Gasteiger partial charge >= 0.3 is 0 Å². The highest BCUT2D eigenvalue weighted by atomic mass is 16.5. The summed E-state index contributed by atoms with van der Waals surface area (Å²) in [5, 5.41) is 4.61. The first-order chi connectivity index (χ1) is 11.5. The second-order valence-electron chi connectivity index (χ2n) is 6.04. The standard InChI is InChI=1S/C18H24N4O2/c1-7-10(2)22-18-15(12(4)21-22)19-17(20-18)13-8-9-14(23-5)11(3)16(13)24-6/h8-10H,7H2,1-6H3,(H,19,20). The molecule has 0 saturated carbocycles. The van der Waals surface area contributed by atoms with E-state index in [4.69, 9.17) is 14.5 Å². The molecule has 0 amide bonds. The fourth-order valence-corrected chi connectivity index (χ4v) is 2.99. The van der Waals surface area contributed by atoms with Crippen molar-refractivity contribution < 1.29 is 9.47 Å². The second kappa shape index (κ2) is 6.19. The van der Waals surface area contributed by atoms with Crippen molar-refractivity contribution >= 4 is 11.2 Å². The fraction of sp³-hybridized carbons (Fsp3) is 0.444. The van der Waals surface area contributed by atoms with Gasteiger partial charge in [0.05, 0.1) is 31.5 Å². The number of methoxy groups -OCH3 is 2. The van der Waals surface area contributed by atoms with Crippen LogP contribution in [0.4, 0.5) is 0 Å². The maximum Gasteiger partial charge on any atom is 0.177 e. The van der Waals surface area contributed by atoms with E-state index >= 15 is 0 Å². The Labute approximate surface area is 141 Å². The van der Waals surface area contributed by atoms with Crippen LogP contribution in [0, 0.1) is 13.8 Å². The Morgan fingerprint density at radius 2 is 1.96 bits per heavy atom. The number of nitrogens with one attached hydrogen (secondary N) is 1. The molecule has 3 rings (SSSR count). The lowest BCUT2D eigenvalue weighted by Crippen LogP contribution is -2.06. The number of nitrogens with zero attached hydrogens (tertiary/aromatic N) is 3. The minimum atomic E-state index is 0.303. The Hall–Kier alpha value is -2.50. The third-order valence-electron chi connectivity index (χ3n) is 4.56. The zero-order chi connectivity index (χ0) is 17.4. The monoisotopic (exact) mass is 328 g/mol. The zero-order valence-corrected chi connectivity index (χ0v) is 15.1. The van der Waals surface area contributed by atoms with Gasteiger partial charge in [-0.2, -0.15) is 5.10 Å². The normalized spacial score (nSPS) is 12.6. The van der Waals surface area contributed by atoms with Crippen molar-refractivity contribution in [2.75, 3.05) is 14.2 Å². The number of imidazole rings is 1. The van der Waals surface area contributed by atoms with E-state index in [9.17, 15) is 0 Å². The molecule has 0 aliphatic heterocycles. The van der Waals surface area contributed by atoms with E-state index in [1.165, 1.54) is 0 Å². The molecule has 1 N–H and O–H groups in total. The van der Waals surface area contributed by atoms with Crippen LogP contribution in [0.25, 0.3) is 22.6 Å². The van der Waals surface area contributed by atoms with Crippen LogP contribution in [0.1, 0.15) is 37.6 Å². The van der Waals surface area contributed by atoms with Gasteiger partial charge in [-0.1, -0.05) is 6.92 Å². The molecule has 1 atom stereocenters. The van der Waals surface area contributed by atoms with Crippen molar-refractivity contribution in [1.82, 2.24) is 19.7 Å². The highest BCUT2D eigenvalue weighted by Crippen LogP contribution is 2.37. The maximum absolute atomic E-state index is 5.61. The van der Waals surface area contributed by atoms with Crippen molar-refractivity contribution in [3.8, 4) is 22.9 Å². The third kappa shape index (κ3) is 2.42. The Morgan fingerprint density at radius 3 is 2.58 bits per heavy atom. The highest BCUT2D eigenvalue weighted by Gasteiger charge is 2.20. The summed E-state index contributed by atoms with van der Waals surface area (Å²) in [6.07, 6.45) is 1.00. The molecule has 0 bridgehead atoms. The number of hydrogen-bond acceptors (Lipinski definition) is 4. The van der Waals surface area contributed by atoms with Crippen LogP contribution < -0.4 is 9.47 Å². The summed E-state index contributed by atoms with van der Waals surface area (Å²) >= 11 is 0. The molecule has 6 heteroatoms. The third-order valence-corrected chi connectivity index (χ3v) is 4.56. The lowest BCUT2D eigenvalue weighted by molar-refractivity contribution is 0.389. The number of aromatic amines is 1. The SMILES string of the molecule is CCC(C)n1nc(C)c2[nH]c(-c3ccc(OC)c(C)c3OC)nc21. The number of hydrogen-bond donors (Lipinski definition) is 1. The minimum Gasteiger partial charge on any atom is -0.496 e. The second-order valence-corrected chi connectivity index (χ2v) is 6.04. The van der Waals surface area contributed by atoms with Gasteiger partial charge in [0, 0.05) is 5.56 Å². The van der Waals surface area contributed by atoms with Crippen LogP contribution in [-0.4, -0.2) is 34.0 Å². The number of aromatic nitrogens is 4. The molecular formula is C18H24N4O2. The molecule has 0 saturated heterocycles. The van der Waals surface area contributed by atoms with E-state index < -0.39 is 0 Å². The summed E-state index contributed by atoms with van der Waals surface area (Å²) < 4.78 is 13.0. The number of H-pyrrole nitrogens is 1. The largest absolute Gasteiger partial charge is 0.496 e. The predicted octanol–water partition coefficient (Wildman–Crippen LogP) is 4.03. The lowest BCUT2D eigenvalue weighted by atomic mass is 10.1. The summed E-state index contributed by atoms with van der Waals surface area (Å²) in [5.74, 6) is 2.35. The predicted molar refractivity (Wildman–Crippen MR) is 94.9 cm³/mol. The van der Waals surface area contributed by atoms with Gasteiger partial charge in [0.1, 0.15) is 22.8 Å². The average Bonchev–Trinajstić information content (AvgIpc) is 3.14. The summed E-state index contributed by atoms with van der Waals surface area (Å²) in [7, 11) is 3.33. The van der Waals surface area contributed by atoms with E-state index in [2.05, 4.69) is 23.9 Å². The van der Waals surface area contributed by atoms with Crippen LogP contribution in [-0.2, 0) is 0 Å². The van der Waals surface area contributed by atoms with Gasteiger partial charge < -0.3 is 14.5 Å². The van der Waals surface area contributed by atoms with Crippen LogP contribution in [0.15, 0.2) is 12.1 Å². The maximum atomic E-state index is 5.61. The number of aryl methyl sites for hydroxylation is 1. The molecule has 3 aromatic rings. The van der Waals surface area contributed by atoms with E-state index in [1.54, 1.807) is 14.2 Å².